The van der Waals surface area contributed by atoms with Crippen LogP contribution in [0.2, 0.25) is 0 Å². The third-order valence-corrected chi connectivity index (χ3v) is 6.83. The molecule has 0 aromatic heterocycles. The molecule has 0 saturated carbocycles. The fourth-order valence-electron chi connectivity index (χ4n) is 5.15. The van der Waals surface area contributed by atoms with Crippen molar-refractivity contribution in [1.29, 1.82) is 0 Å². The first-order valence-corrected chi connectivity index (χ1v) is 11.4. The summed E-state index contributed by atoms with van der Waals surface area (Å²) in [5.74, 6) is -0.836. The van der Waals surface area contributed by atoms with E-state index in [-0.39, 0.29) is 49.7 Å². The van der Waals surface area contributed by atoms with E-state index in [0.717, 1.165) is 18.4 Å². The summed E-state index contributed by atoms with van der Waals surface area (Å²) < 4.78 is 24.0. The van der Waals surface area contributed by atoms with Gasteiger partial charge in [-0.05, 0) is 36.6 Å². The predicted octanol–water partition coefficient (Wildman–Crippen LogP) is 3.23. The summed E-state index contributed by atoms with van der Waals surface area (Å²) in [7, 11) is 3.01. The summed E-state index contributed by atoms with van der Waals surface area (Å²) in [6.45, 7) is 0.881. The van der Waals surface area contributed by atoms with Gasteiger partial charge in [0.25, 0.3) is 0 Å². The Labute approximate surface area is 198 Å². The molecule has 0 aliphatic carbocycles. The number of amides is 3. The lowest BCUT2D eigenvalue weighted by molar-refractivity contribution is -0.143. The Morgan fingerprint density at radius 3 is 2.56 bits per heavy atom. The summed E-state index contributed by atoms with van der Waals surface area (Å²) in [5.41, 5.74) is 0.0283. The number of halogens is 1. The van der Waals surface area contributed by atoms with Gasteiger partial charge in [-0.15, -0.1) is 0 Å². The number of carbonyl (C=O) groups excluding carboxylic acids is 3. The molecule has 2 unspecified atom stereocenters. The van der Waals surface area contributed by atoms with Gasteiger partial charge in [-0.25, -0.2) is 4.39 Å². The van der Waals surface area contributed by atoms with E-state index >= 15 is 0 Å². The van der Waals surface area contributed by atoms with Gasteiger partial charge in [0.05, 0.1) is 31.7 Å². The Kier molecular flexibility index (Phi) is 6.97. The van der Waals surface area contributed by atoms with E-state index in [1.807, 2.05) is 0 Å². The minimum atomic E-state index is -1.36. The predicted molar refractivity (Wildman–Crippen MR) is 123 cm³/mol. The second-order valence-electron chi connectivity index (χ2n) is 8.78. The van der Waals surface area contributed by atoms with Gasteiger partial charge in [-0.2, -0.15) is 0 Å². The third kappa shape index (κ3) is 4.30. The topological polar surface area (TPSA) is 76.2 Å². The highest BCUT2D eigenvalue weighted by Crippen LogP contribution is 2.45. The van der Waals surface area contributed by atoms with Crippen LogP contribution in [0, 0.1) is 5.82 Å². The monoisotopic (exact) mass is 468 g/mol. The molecule has 2 heterocycles. The average molecular weight is 469 g/mol. The number of ether oxygens (including phenoxy) is 2. The van der Waals surface area contributed by atoms with Crippen molar-refractivity contribution in [2.75, 3.05) is 33.9 Å². The largest absolute Gasteiger partial charge is 0.496 e. The number of nitrogens with zero attached hydrogens (tertiary/aromatic N) is 2. The molecule has 34 heavy (non-hydrogen) atoms. The van der Waals surface area contributed by atoms with Gasteiger partial charge in [0.15, 0.2) is 0 Å². The molecule has 0 bridgehead atoms. The molecule has 7 nitrogen and oxygen atoms in total. The third-order valence-electron chi connectivity index (χ3n) is 6.83. The van der Waals surface area contributed by atoms with Crippen LogP contribution in [0.15, 0.2) is 48.5 Å². The van der Waals surface area contributed by atoms with Crippen molar-refractivity contribution in [2.45, 2.75) is 37.1 Å². The molecule has 0 radical (unpaired) electrons. The molecular formula is C26H29FN2O5. The van der Waals surface area contributed by atoms with E-state index in [9.17, 15) is 18.8 Å². The van der Waals surface area contributed by atoms with Crippen LogP contribution in [0.5, 0.6) is 5.75 Å². The Balaban J connectivity index is 1.69. The van der Waals surface area contributed by atoms with Crippen molar-refractivity contribution in [2.24, 2.45) is 0 Å². The SMILES string of the molecule is COCCN1C(=O)CC(CC(=O)N2CCCC2c2ccc(F)cc2)(c2ccccc2OC)C1=O. The van der Waals surface area contributed by atoms with E-state index < -0.39 is 11.3 Å². The molecule has 180 valence electrons. The molecule has 2 aliphatic heterocycles. The first kappa shape index (κ1) is 23.9. The maximum absolute atomic E-state index is 13.7. The van der Waals surface area contributed by atoms with Crippen LogP contribution in [-0.4, -0.2) is 61.4 Å². The quantitative estimate of drug-likeness (QED) is 0.556. The van der Waals surface area contributed by atoms with Crippen LogP contribution < -0.4 is 4.74 Å². The van der Waals surface area contributed by atoms with E-state index in [1.54, 1.807) is 41.3 Å². The molecule has 8 heteroatoms. The van der Waals surface area contributed by atoms with Gasteiger partial charge in [0.2, 0.25) is 17.7 Å². The minimum absolute atomic E-state index is 0.114. The second-order valence-corrected chi connectivity index (χ2v) is 8.78. The molecule has 2 saturated heterocycles. The summed E-state index contributed by atoms with van der Waals surface area (Å²) in [6, 6.07) is 13.0. The lowest BCUT2D eigenvalue weighted by Crippen LogP contribution is -2.44. The number of carbonyl (C=O) groups is 3. The molecule has 2 aromatic carbocycles. The first-order valence-electron chi connectivity index (χ1n) is 11.4. The summed E-state index contributed by atoms with van der Waals surface area (Å²) in [6.07, 6.45) is 1.30. The van der Waals surface area contributed by atoms with Crippen molar-refractivity contribution in [3.05, 3.63) is 65.5 Å². The average Bonchev–Trinajstić information content (AvgIpc) is 3.42. The van der Waals surface area contributed by atoms with Crippen molar-refractivity contribution in [3.8, 4) is 5.75 Å². The highest BCUT2D eigenvalue weighted by atomic mass is 19.1. The van der Waals surface area contributed by atoms with E-state index in [0.29, 0.717) is 17.9 Å². The molecule has 2 aliphatic rings. The number of hydrogen-bond donors (Lipinski definition) is 0. The number of benzene rings is 2. The molecule has 4 rings (SSSR count). The van der Waals surface area contributed by atoms with Gasteiger partial charge >= 0.3 is 0 Å². The molecule has 0 spiro atoms. The first-order chi connectivity index (χ1) is 16.4. The summed E-state index contributed by atoms with van der Waals surface area (Å²) >= 11 is 0. The normalized spacial score (nSPS) is 22.5. The standard InChI is InChI=1S/C26H29FN2O5/c1-33-15-14-29-24(31)17-26(25(29)32,20-6-3-4-8-22(20)34-2)16-23(30)28-13-5-7-21(28)18-9-11-19(27)12-10-18/h3-4,6,8-12,21H,5,7,13-17H2,1-2H3. The lowest BCUT2D eigenvalue weighted by atomic mass is 9.75. The highest BCUT2D eigenvalue weighted by Gasteiger charge is 2.55. The maximum Gasteiger partial charge on any atom is 0.241 e. The number of hydrogen-bond acceptors (Lipinski definition) is 5. The van der Waals surface area contributed by atoms with Crippen molar-refractivity contribution in [3.63, 3.8) is 0 Å². The van der Waals surface area contributed by atoms with E-state index in [4.69, 9.17) is 9.47 Å². The highest BCUT2D eigenvalue weighted by molar-refractivity contribution is 6.11. The zero-order valence-corrected chi connectivity index (χ0v) is 19.5. The number of rotatable bonds is 8. The summed E-state index contributed by atoms with van der Waals surface area (Å²) in [5, 5.41) is 0. The van der Waals surface area contributed by atoms with Gasteiger partial charge in [0.1, 0.15) is 11.6 Å². The number of methoxy groups -OCH3 is 2. The van der Waals surface area contributed by atoms with Gasteiger partial charge < -0.3 is 14.4 Å². The van der Waals surface area contributed by atoms with Gasteiger partial charge in [-0.1, -0.05) is 30.3 Å². The van der Waals surface area contributed by atoms with Crippen LogP contribution >= 0.6 is 0 Å². The van der Waals surface area contributed by atoms with Crippen LogP contribution in [0.1, 0.15) is 42.9 Å². The Morgan fingerprint density at radius 2 is 1.85 bits per heavy atom. The maximum atomic E-state index is 13.7. The zero-order valence-electron chi connectivity index (χ0n) is 19.5. The fraction of sp³-hybridized carbons (Fsp3) is 0.423. The molecule has 2 aromatic rings. The molecule has 3 amide bonds. The van der Waals surface area contributed by atoms with Gasteiger partial charge in [0, 0.05) is 32.1 Å². The number of likely N-dealkylation sites (tertiary alicyclic amines) is 2. The number of para-hydroxylation sites is 1. The molecule has 2 atom stereocenters. The van der Waals surface area contributed by atoms with Crippen LogP contribution in [0.25, 0.3) is 0 Å². The molecule has 2 fully saturated rings. The lowest BCUT2D eigenvalue weighted by Gasteiger charge is -2.32. The van der Waals surface area contributed by atoms with E-state index in [2.05, 4.69) is 0 Å². The Hall–Kier alpha value is -3.26. The second kappa shape index (κ2) is 9.93. The van der Waals surface area contributed by atoms with Crippen LogP contribution in [0.3, 0.4) is 0 Å². The van der Waals surface area contributed by atoms with Crippen molar-refractivity contribution in [1.82, 2.24) is 9.80 Å². The van der Waals surface area contributed by atoms with Gasteiger partial charge in [-0.3, -0.25) is 19.3 Å². The Morgan fingerprint density at radius 1 is 1.12 bits per heavy atom. The molecular weight excluding hydrogens is 439 g/mol. The smallest absolute Gasteiger partial charge is 0.241 e. The van der Waals surface area contributed by atoms with Crippen LogP contribution in [0.4, 0.5) is 4.39 Å². The van der Waals surface area contributed by atoms with E-state index in [1.165, 1.54) is 31.3 Å². The van der Waals surface area contributed by atoms with Crippen molar-refractivity contribution < 1.29 is 28.2 Å². The Bertz CT molecular complexity index is 1070. The van der Waals surface area contributed by atoms with Crippen LogP contribution in [-0.2, 0) is 24.5 Å². The molecule has 0 N–H and O–H groups in total. The minimum Gasteiger partial charge on any atom is -0.496 e. The number of imide groups is 1. The van der Waals surface area contributed by atoms with Crippen molar-refractivity contribution >= 4 is 17.7 Å². The zero-order chi connectivity index (χ0) is 24.3. The summed E-state index contributed by atoms with van der Waals surface area (Å²) in [4.78, 5) is 43.3. The fourth-order valence-corrected chi connectivity index (χ4v) is 5.15.